The Morgan fingerprint density at radius 3 is 2.50 bits per heavy atom. The van der Waals surface area contributed by atoms with Gasteiger partial charge in [0, 0.05) is 0 Å². The summed E-state index contributed by atoms with van der Waals surface area (Å²) in [6.45, 7) is 9.16. The lowest BCUT2D eigenvalue weighted by Gasteiger charge is -2.25. The molecule has 0 nitrogen and oxygen atoms in total. The first-order valence-corrected chi connectivity index (χ1v) is 4.94. The molecule has 68 valence electrons. The van der Waals surface area contributed by atoms with Crippen LogP contribution in [0.1, 0.15) is 47.0 Å². The van der Waals surface area contributed by atoms with E-state index in [0.717, 1.165) is 0 Å². The highest BCUT2D eigenvalue weighted by atomic mass is 14.3. The van der Waals surface area contributed by atoms with E-state index in [9.17, 15) is 0 Å². The summed E-state index contributed by atoms with van der Waals surface area (Å²) in [4.78, 5) is 0. The maximum Gasteiger partial charge on any atom is -0.0125 e. The first-order chi connectivity index (χ1) is 5.56. The zero-order valence-electron chi connectivity index (χ0n) is 8.78. The van der Waals surface area contributed by atoms with Crippen LogP contribution in [-0.4, -0.2) is 0 Å². The van der Waals surface area contributed by atoms with Crippen molar-refractivity contribution in [1.82, 2.24) is 0 Å². The highest BCUT2D eigenvalue weighted by Crippen LogP contribution is 2.37. The fourth-order valence-electron chi connectivity index (χ4n) is 1.92. The molecule has 0 aromatic carbocycles. The highest BCUT2D eigenvalue weighted by molar-refractivity contribution is 5.34. The minimum atomic E-state index is 0.420. The minimum Gasteiger partial charge on any atom is -0.0775 e. The van der Waals surface area contributed by atoms with Gasteiger partial charge in [-0.05, 0) is 25.2 Å². The lowest BCUT2D eigenvalue weighted by molar-refractivity contribution is 0.398. The summed E-state index contributed by atoms with van der Waals surface area (Å²) in [5.41, 5.74) is 3.47. The van der Waals surface area contributed by atoms with Crippen molar-refractivity contribution in [2.24, 2.45) is 5.41 Å². The van der Waals surface area contributed by atoms with E-state index in [0.29, 0.717) is 5.41 Å². The molecule has 0 bridgehead atoms. The molecule has 0 heterocycles. The van der Waals surface area contributed by atoms with Crippen molar-refractivity contribution in [3.05, 3.63) is 23.3 Å². The highest BCUT2D eigenvalue weighted by Gasteiger charge is 2.22. The van der Waals surface area contributed by atoms with Gasteiger partial charge in [0.15, 0.2) is 0 Å². The number of hydrogen-bond donors (Lipinski definition) is 0. The van der Waals surface area contributed by atoms with Gasteiger partial charge < -0.3 is 0 Å². The third-order valence-electron chi connectivity index (χ3n) is 2.79. The molecule has 0 saturated carbocycles. The van der Waals surface area contributed by atoms with Crippen molar-refractivity contribution in [1.29, 1.82) is 0 Å². The second-order valence-corrected chi connectivity index (χ2v) is 4.46. The summed E-state index contributed by atoms with van der Waals surface area (Å²) >= 11 is 0. The van der Waals surface area contributed by atoms with E-state index in [4.69, 9.17) is 0 Å². The average Bonchev–Trinajstić information content (AvgIpc) is 2.36. The molecule has 0 aliphatic heterocycles. The van der Waals surface area contributed by atoms with Crippen LogP contribution < -0.4 is 0 Å². The molecule has 0 atom stereocenters. The van der Waals surface area contributed by atoms with E-state index >= 15 is 0 Å². The summed E-state index contributed by atoms with van der Waals surface area (Å²) in [6.07, 6.45) is 8.45. The van der Waals surface area contributed by atoms with Crippen LogP contribution in [0.5, 0.6) is 0 Å². The van der Waals surface area contributed by atoms with Crippen LogP contribution in [0, 0.1) is 5.41 Å². The van der Waals surface area contributed by atoms with Gasteiger partial charge in [0.25, 0.3) is 0 Å². The van der Waals surface area contributed by atoms with Crippen LogP contribution >= 0.6 is 0 Å². The van der Waals surface area contributed by atoms with E-state index in [1.54, 1.807) is 5.57 Å². The Kier molecular flexibility index (Phi) is 2.76. The molecule has 1 rings (SSSR count). The monoisotopic (exact) mass is 164 g/mol. The Hall–Kier alpha value is -0.520. The van der Waals surface area contributed by atoms with Gasteiger partial charge in [-0.25, -0.2) is 0 Å². The summed E-state index contributed by atoms with van der Waals surface area (Å²) < 4.78 is 0. The molecule has 0 aromatic rings. The number of rotatable bonds is 3. The van der Waals surface area contributed by atoms with Crippen molar-refractivity contribution in [3.63, 3.8) is 0 Å². The van der Waals surface area contributed by atoms with Crippen molar-refractivity contribution in [2.75, 3.05) is 0 Å². The fourth-order valence-corrected chi connectivity index (χ4v) is 1.92. The molecule has 12 heavy (non-hydrogen) atoms. The van der Waals surface area contributed by atoms with Gasteiger partial charge in [0.2, 0.25) is 0 Å². The van der Waals surface area contributed by atoms with Crippen LogP contribution in [0.3, 0.4) is 0 Å². The SMILES string of the molecule is CCCC(C)(C)C1=CC(C)=CC1. The molecular formula is C12H20. The van der Waals surface area contributed by atoms with Crippen LogP contribution in [0.2, 0.25) is 0 Å². The van der Waals surface area contributed by atoms with Gasteiger partial charge in [0.1, 0.15) is 0 Å². The summed E-state index contributed by atoms with van der Waals surface area (Å²) in [5, 5.41) is 0. The standard InChI is InChI=1S/C12H20/c1-5-8-12(3,4)11-7-6-10(2)9-11/h6,9H,5,7-8H2,1-4H3. The Labute approximate surface area is 76.4 Å². The third kappa shape index (κ3) is 2.00. The molecule has 0 heteroatoms. The topological polar surface area (TPSA) is 0 Å². The van der Waals surface area contributed by atoms with Crippen LogP contribution in [-0.2, 0) is 0 Å². The van der Waals surface area contributed by atoms with E-state index in [1.165, 1.54) is 24.8 Å². The molecule has 1 aliphatic carbocycles. The maximum absolute atomic E-state index is 2.36. The normalized spacial score (nSPS) is 17.7. The molecular weight excluding hydrogens is 144 g/mol. The van der Waals surface area contributed by atoms with E-state index < -0.39 is 0 Å². The molecule has 0 saturated heterocycles. The quantitative estimate of drug-likeness (QED) is 0.589. The van der Waals surface area contributed by atoms with Gasteiger partial charge in [-0.1, -0.05) is 50.5 Å². The summed E-state index contributed by atoms with van der Waals surface area (Å²) in [7, 11) is 0. The zero-order chi connectivity index (χ0) is 9.19. The van der Waals surface area contributed by atoms with Crippen molar-refractivity contribution < 1.29 is 0 Å². The average molecular weight is 164 g/mol. The van der Waals surface area contributed by atoms with Crippen molar-refractivity contribution in [2.45, 2.75) is 47.0 Å². The van der Waals surface area contributed by atoms with E-state index in [-0.39, 0.29) is 0 Å². The van der Waals surface area contributed by atoms with Gasteiger partial charge in [0.05, 0.1) is 0 Å². The zero-order valence-corrected chi connectivity index (χ0v) is 8.78. The number of hydrogen-bond acceptors (Lipinski definition) is 0. The second kappa shape index (κ2) is 3.47. The van der Waals surface area contributed by atoms with Gasteiger partial charge in [-0.15, -0.1) is 0 Å². The minimum absolute atomic E-state index is 0.420. The van der Waals surface area contributed by atoms with Crippen molar-refractivity contribution in [3.8, 4) is 0 Å². The smallest absolute Gasteiger partial charge is 0.0125 e. The lowest BCUT2D eigenvalue weighted by Crippen LogP contribution is -2.13. The maximum atomic E-state index is 2.36. The molecule has 0 fully saturated rings. The Morgan fingerprint density at radius 1 is 1.42 bits per heavy atom. The molecule has 1 aliphatic rings. The Bertz CT molecular complexity index is 216. The first-order valence-electron chi connectivity index (χ1n) is 4.94. The van der Waals surface area contributed by atoms with Crippen LogP contribution in [0.4, 0.5) is 0 Å². The van der Waals surface area contributed by atoms with Crippen LogP contribution in [0.15, 0.2) is 23.3 Å². The predicted molar refractivity (Wildman–Crippen MR) is 55.1 cm³/mol. The molecule has 0 radical (unpaired) electrons. The van der Waals surface area contributed by atoms with E-state index in [2.05, 4.69) is 39.8 Å². The third-order valence-corrected chi connectivity index (χ3v) is 2.79. The fraction of sp³-hybridized carbons (Fsp3) is 0.667. The van der Waals surface area contributed by atoms with Crippen LogP contribution in [0.25, 0.3) is 0 Å². The molecule has 0 N–H and O–H groups in total. The van der Waals surface area contributed by atoms with Gasteiger partial charge in [-0.3, -0.25) is 0 Å². The largest absolute Gasteiger partial charge is 0.0775 e. The summed E-state index contributed by atoms with van der Waals surface area (Å²) in [5.74, 6) is 0. The molecule has 0 aromatic heterocycles. The first kappa shape index (κ1) is 9.57. The van der Waals surface area contributed by atoms with Gasteiger partial charge >= 0.3 is 0 Å². The molecule has 0 unspecified atom stereocenters. The number of allylic oxidation sites excluding steroid dienone is 4. The van der Waals surface area contributed by atoms with Gasteiger partial charge in [-0.2, -0.15) is 0 Å². The van der Waals surface area contributed by atoms with E-state index in [1.807, 2.05) is 0 Å². The molecule has 0 spiro atoms. The van der Waals surface area contributed by atoms with Crippen molar-refractivity contribution >= 4 is 0 Å². The Morgan fingerprint density at radius 2 is 2.08 bits per heavy atom. The predicted octanol–water partition coefficient (Wildman–Crippen LogP) is 4.09. The summed E-state index contributed by atoms with van der Waals surface area (Å²) in [6, 6.07) is 0. The molecule has 0 amide bonds. The second-order valence-electron chi connectivity index (χ2n) is 4.46. The lowest BCUT2D eigenvalue weighted by atomic mass is 9.79. The Balaban J connectivity index is 2.65.